The molecular weight excluding hydrogens is 399 g/mol. The van der Waals surface area contributed by atoms with Crippen LogP contribution in [-0.2, 0) is 21.8 Å². The van der Waals surface area contributed by atoms with Gasteiger partial charge in [-0.25, -0.2) is 0 Å². The molecule has 0 saturated heterocycles. The van der Waals surface area contributed by atoms with E-state index < -0.39 is 17.6 Å². The van der Waals surface area contributed by atoms with E-state index in [-0.39, 0.29) is 0 Å². The minimum absolute atomic E-state index is 0.539. The first-order valence-corrected chi connectivity index (χ1v) is 14.4. The quantitative estimate of drug-likeness (QED) is 0.171. The van der Waals surface area contributed by atoms with Crippen LogP contribution in [0.5, 0.6) is 0 Å². The van der Waals surface area contributed by atoms with Crippen LogP contribution in [0, 0.1) is 0 Å². The Morgan fingerprint density at radius 3 is 1.12 bits per heavy atom. The fourth-order valence-corrected chi connectivity index (χ4v) is 10.5. The Hall–Kier alpha value is 0.814. The van der Waals surface area contributed by atoms with Crippen molar-refractivity contribution in [2.75, 3.05) is 38.2 Å². The van der Waals surface area contributed by atoms with Crippen molar-refractivity contribution in [2.45, 2.75) is 65.5 Å². The number of hydrogen-bond donors (Lipinski definition) is 0. The van der Waals surface area contributed by atoms with Crippen LogP contribution < -0.4 is 0 Å². The molecule has 0 amide bonds. The zero-order valence-electron chi connectivity index (χ0n) is 16.3. The molecule has 0 aliphatic carbocycles. The van der Waals surface area contributed by atoms with Crippen LogP contribution in [0.3, 0.4) is 0 Å². The molecule has 0 aromatic rings. The van der Waals surface area contributed by atoms with Gasteiger partial charge in [0.15, 0.2) is 0 Å². The third-order valence-electron chi connectivity index (χ3n) is 3.50. The highest BCUT2D eigenvalue weighted by molar-refractivity contribution is 6.75. The molecule has 0 aromatic heterocycles. The fraction of sp³-hybridized carbons (Fsp3) is 1.00. The van der Waals surface area contributed by atoms with Gasteiger partial charge in [-0.05, 0) is 53.4 Å². The summed E-state index contributed by atoms with van der Waals surface area (Å²) in [5.74, 6) is 1.25. The Morgan fingerprint density at radius 2 is 0.880 bits per heavy atom. The second-order valence-corrected chi connectivity index (χ2v) is 12.0. The highest BCUT2D eigenvalue weighted by atomic mass is 35.5. The lowest BCUT2D eigenvalue weighted by atomic mass is 10.4. The summed E-state index contributed by atoms with van der Waals surface area (Å²) < 4.78 is 30.9. The van der Waals surface area contributed by atoms with Crippen molar-refractivity contribution in [2.24, 2.45) is 0 Å². The lowest BCUT2D eigenvalue weighted by molar-refractivity contribution is 0.0488. The third-order valence-corrected chi connectivity index (χ3v) is 11.4. The molecule has 5 nitrogen and oxygen atoms in total. The van der Waals surface area contributed by atoms with Gasteiger partial charge in [-0.15, -0.1) is 23.2 Å². The van der Waals surface area contributed by atoms with Gasteiger partial charge in [0.25, 0.3) is 0 Å². The molecule has 0 bridgehead atoms. The normalized spacial score (nSPS) is 12.7. The van der Waals surface area contributed by atoms with Crippen molar-refractivity contribution in [3.05, 3.63) is 0 Å². The predicted molar refractivity (Wildman–Crippen MR) is 109 cm³/mol. The van der Waals surface area contributed by atoms with Crippen LogP contribution in [0.2, 0.25) is 12.1 Å². The molecule has 0 spiro atoms. The summed E-state index contributed by atoms with van der Waals surface area (Å²) in [6.07, 6.45) is 3.62. The second kappa shape index (κ2) is 15.8. The molecule has 0 saturated carbocycles. The second-order valence-electron chi connectivity index (χ2n) is 5.49. The fourth-order valence-electron chi connectivity index (χ4n) is 2.58. The largest absolute Gasteiger partial charge is 0.493 e. The molecular formula is C16H36Cl2O5Si2. The average Bonchev–Trinajstić information content (AvgIpc) is 2.56. The first-order chi connectivity index (χ1) is 12.1. The zero-order valence-corrected chi connectivity index (χ0v) is 19.8. The molecule has 0 unspecified atom stereocenters. The van der Waals surface area contributed by atoms with Gasteiger partial charge in [0, 0.05) is 50.3 Å². The smallest absolute Gasteiger partial charge is 0.374 e. The van der Waals surface area contributed by atoms with Crippen molar-refractivity contribution < 1.29 is 21.8 Å². The zero-order chi connectivity index (χ0) is 19.0. The van der Waals surface area contributed by atoms with Gasteiger partial charge in [-0.3, -0.25) is 0 Å². The standard InChI is InChI=1S/C16H36Cl2O5Si2/c1-5-19-24(20-6-2,15-11-9-13-17)23-25(21-7-3,22-8-4)16-12-10-14-18/h5-16H2,1-4H3. The van der Waals surface area contributed by atoms with Gasteiger partial charge in [-0.2, -0.15) is 0 Å². The minimum Gasteiger partial charge on any atom is -0.374 e. The average molecular weight is 436 g/mol. The Bertz CT molecular complexity index is 274. The molecule has 0 heterocycles. The van der Waals surface area contributed by atoms with Gasteiger partial charge >= 0.3 is 17.6 Å². The van der Waals surface area contributed by atoms with E-state index in [0.29, 0.717) is 38.2 Å². The summed E-state index contributed by atoms with van der Waals surface area (Å²) in [6, 6.07) is 1.46. The highest BCUT2D eigenvalue weighted by Gasteiger charge is 2.52. The van der Waals surface area contributed by atoms with E-state index in [4.69, 9.17) is 45.0 Å². The van der Waals surface area contributed by atoms with Crippen molar-refractivity contribution in [1.29, 1.82) is 0 Å². The number of halogens is 2. The summed E-state index contributed by atoms with van der Waals surface area (Å²) in [5, 5.41) is 0. The molecule has 0 atom stereocenters. The Labute approximate surface area is 166 Å². The van der Waals surface area contributed by atoms with Crippen LogP contribution in [0.4, 0.5) is 0 Å². The van der Waals surface area contributed by atoms with Gasteiger partial charge in [0.05, 0.1) is 0 Å². The van der Waals surface area contributed by atoms with Gasteiger partial charge in [-0.1, -0.05) is 0 Å². The first kappa shape index (κ1) is 25.8. The maximum absolute atomic E-state index is 6.58. The number of rotatable bonds is 18. The molecule has 25 heavy (non-hydrogen) atoms. The molecule has 9 heteroatoms. The van der Waals surface area contributed by atoms with Gasteiger partial charge in [0.2, 0.25) is 0 Å². The molecule has 0 fully saturated rings. The SMILES string of the molecule is CCO[Si](CCCCCl)(OCC)O[Si](CCCCCl)(OCC)OCC. The summed E-state index contributed by atoms with van der Waals surface area (Å²) in [6.45, 7) is 10.0. The Kier molecular flexibility index (Phi) is 16.3. The van der Waals surface area contributed by atoms with Crippen LogP contribution in [0.1, 0.15) is 53.4 Å². The topological polar surface area (TPSA) is 46.2 Å². The number of unbranched alkanes of at least 4 members (excludes halogenated alkanes) is 2. The summed E-state index contributed by atoms with van der Waals surface area (Å²) in [5.41, 5.74) is 0. The molecule has 0 radical (unpaired) electrons. The molecule has 0 aliphatic heterocycles. The summed E-state index contributed by atoms with van der Waals surface area (Å²) in [4.78, 5) is 0. The molecule has 152 valence electrons. The monoisotopic (exact) mass is 434 g/mol. The van der Waals surface area contributed by atoms with Crippen LogP contribution in [0.15, 0.2) is 0 Å². The highest BCUT2D eigenvalue weighted by Crippen LogP contribution is 2.29. The van der Waals surface area contributed by atoms with Crippen molar-refractivity contribution >= 4 is 40.8 Å². The Balaban J connectivity index is 5.40. The van der Waals surface area contributed by atoms with E-state index in [1.165, 1.54) is 0 Å². The maximum atomic E-state index is 6.58. The van der Waals surface area contributed by atoms with Gasteiger partial charge < -0.3 is 21.8 Å². The van der Waals surface area contributed by atoms with E-state index in [0.717, 1.165) is 37.8 Å². The van der Waals surface area contributed by atoms with Crippen LogP contribution in [-0.4, -0.2) is 55.8 Å². The van der Waals surface area contributed by atoms with Crippen molar-refractivity contribution in [1.82, 2.24) is 0 Å². The molecule has 0 aliphatic rings. The van der Waals surface area contributed by atoms with E-state index in [1.807, 2.05) is 27.7 Å². The Morgan fingerprint density at radius 1 is 0.560 bits per heavy atom. The molecule has 0 aromatic carbocycles. The van der Waals surface area contributed by atoms with E-state index in [2.05, 4.69) is 0 Å². The summed E-state index contributed by atoms with van der Waals surface area (Å²) >= 11 is 11.7. The minimum atomic E-state index is -2.88. The summed E-state index contributed by atoms with van der Waals surface area (Å²) in [7, 11) is -5.77. The molecule has 0 rings (SSSR count). The van der Waals surface area contributed by atoms with E-state index in [9.17, 15) is 0 Å². The molecule has 0 N–H and O–H groups in total. The lowest BCUT2D eigenvalue weighted by Gasteiger charge is -2.38. The first-order valence-electron chi connectivity index (χ1n) is 9.45. The number of hydrogen-bond acceptors (Lipinski definition) is 5. The van der Waals surface area contributed by atoms with E-state index >= 15 is 0 Å². The maximum Gasteiger partial charge on any atom is 0.493 e. The van der Waals surface area contributed by atoms with Crippen molar-refractivity contribution in [3.63, 3.8) is 0 Å². The van der Waals surface area contributed by atoms with Gasteiger partial charge in [0.1, 0.15) is 0 Å². The third kappa shape index (κ3) is 10.7. The lowest BCUT2D eigenvalue weighted by Crippen LogP contribution is -2.59. The van der Waals surface area contributed by atoms with Crippen LogP contribution in [0.25, 0.3) is 0 Å². The van der Waals surface area contributed by atoms with E-state index in [1.54, 1.807) is 0 Å². The van der Waals surface area contributed by atoms with Crippen LogP contribution >= 0.6 is 23.2 Å². The number of alkyl halides is 2. The predicted octanol–water partition coefficient (Wildman–Crippen LogP) is 5.06. The van der Waals surface area contributed by atoms with Crippen molar-refractivity contribution in [3.8, 4) is 0 Å².